The van der Waals surface area contributed by atoms with Crippen LogP contribution in [-0.2, 0) is 0 Å². The fourth-order valence-corrected chi connectivity index (χ4v) is 4.62. The summed E-state index contributed by atoms with van der Waals surface area (Å²) in [4.78, 5) is 29.0. The maximum Gasteiger partial charge on any atom is 0.253 e. The van der Waals surface area contributed by atoms with E-state index in [0.29, 0.717) is 37.1 Å². The van der Waals surface area contributed by atoms with Gasteiger partial charge >= 0.3 is 0 Å². The number of ketones is 1. The molecule has 1 aliphatic rings. The second-order valence-corrected chi connectivity index (χ2v) is 8.71. The number of likely N-dealkylation sites (tertiary alicyclic amines) is 1. The van der Waals surface area contributed by atoms with Crippen LogP contribution in [-0.4, -0.2) is 34.8 Å². The fourth-order valence-electron chi connectivity index (χ4n) is 3.76. The van der Waals surface area contributed by atoms with E-state index in [1.54, 1.807) is 23.1 Å². The van der Waals surface area contributed by atoms with Crippen molar-refractivity contribution < 1.29 is 19.1 Å². The molecule has 1 heterocycles. The molecule has 6 heteroatoms. The number of phenolic OH excluding ortho intramolecular Hbond substituents is 1. The third kappa shape index (κ3) is 5.14. The number of carbonyl (C=O) groups excluding carboxylic acids is 2. The Morgan fingerprint density at radius 2 is 1.58 bits per heavy atom. The van der Waals surface area contributed by atoms with Gasteiger partial charge in [-0.25, -0.2) is 4.39 Å². The first-order valence-corrected chi connectivity index (χ1v) is 11.0. The van der Waals surface area contributed by atoms with Crippen molar-refractivity contribution in [2.45, 2.75) is 22.6 Å². The minimum Gasteiger partial charge on any atom is -0.508 e. The average Bonchev–Trinajstić information content (AvgIpc) is 2.79. The van der Waals surface area contributed by atoms with Gasteiger partial charge in [-0.2, -0.15) is 0 Å². The number of benzene rings is 3. The van der Waals surface area contributed by atoms with Crippen molar-refractivity contribution in [3.05, 3.63) is 89.7 Å². The first-order chi connectivity index (χ1) is 15.0. The summed E-state index contributed by atoms with van der Waals surface area (Å²) >= 11 is 1.45. The van der Waals surface area contributed by atoms with Gasteiger partial charge in [-0.15, -0.1) is 0 Å². The summed E-state index contributed by atoms with van der Waals surface area (Å²) < 4.78 is 13.3. The number of rotatable bonds is 5. The molecule has 158 valence electrons. The molecule has 1 fully saturated rings. The number of phenols is 1. The summed E-state index contributed by atoms with van der Waals surface area (Å²) in [6, 6.07) is 20.1. The third-order valence-electron chi connectivity index (χ3n) is 5.42. The monoisotopic (exact) mass is 435 g/mol. The standard InChI is InChI=1S/C25H22FNO3S/c26-20-4-2-6-23(16-20)31-22-9-7-17(8-10-22)24(29)18-11-13-27(14-12-18)25(30)19-3-1-5-21(28)15-19/h1-10,15-16,18,28H,11-14H2. The molecule has 4 rings (SSSR count). The molecule has 0 radical (unpaired) electrons. The molecule has 31 heavy (non-hydrogen) atoms. The molecule has 3 aromatic rings. The van der Waals surface area contributed by atoms with Crippen molar-refractivity contribution in [2.75, 3.05) is 13.1 Å². The lowest BCUT2D eigenvalue weighted by molar-refractivity contribution is 0.0650. The number of hydrogen-bond donors (Lipinski definition) is 1. The number of halogens is 1. The minimum absolute atomic E-state index is 0.0647. The molecule has 0 spiro atoms. The maximum atomic E-state index is 13.3. The molecule has 1 N–H and O–H groups in total. The number of nitrogens with zero attached hydrogens (tertiary/aromatic N) is 1. The second kappa shape index (κ2) is 9.35. The summed E-state index contributed by atoms with van der Waals surface area (Å²) in [7, 11) is 0. The van der Waals surface area contributed by atoms with Crippen LogP contribution in [0.3, 0.4) is 0 Å². The summed E-state index contributed by atoms with van der Waals surface area (Å²) in [5.41, 5.74) is 1.11. The van der Waals surface area contributed by atoms with Crippen molar-refractivity contribution in [1.82, 2.24) is 4.90 Å². The third-order valence-corrected chi connectivity index (χ3v) is 6.41. The van der Waals surface area contributed by atoms with Gasteiger partial charge in [-0.05, 0) is 61.4 Å². The van der Waals surface area contributed by atoms with Crippen LogP contribution >= 0.6 is 11.8 Å². The predicted molar refractivity (Wildman–Crippen MR) is 118 cm³/mol. The number of piperidine rings is 1. The van der Waals surface area contributed by atoms with Gasteiger partial charge in [0.1, 0.15) is 11.6 Å². The second-order valence-electron chi connectivity index (χ2n) is 7.56. The molecule has 0 unspecified atom stereocenters. The number of aromatic hydroxyl groups is 1. The smallest absolute Gasteiger partial charge is 0.253 e. The van der Waals surface area contributed by atoms with Crippen LogP contribution in [0.2, 0.25) is 0 Å². The lowest BCUT2D eigenvalue weighted by Gasteiger charge is -2.31. The Labute approximate surface area is 184 Å². The molecule has 0 atom stereocenters. The SMILES string of the molecule is O=C(c1ccc(Sc2cccc(F)c2)cc1)C1CCN(C(=O)c2cccc(O)c2)CC1. The number of amides is 1. The highest BCUT2D eigenvalue weighted by Gasteiger charge is 2.28. The Morgan fingerprint density at radius 1 is 0.871 bits per heavy atom. The first-order valence-electron chi connectivity index (χ1n) is 10.2. The highest BCUT2D eigenvalue weighted by Crippen LogP contribution is 2.29. The van der Waals surface area contributed by atoms with E-state index >= 15 is 0 Å². The van der Waals surface area contributed by atoms with Gasteiger partial charge in [-0.3, -0.25) is 9.59 Å². The molecular weight excluding hydrogens is 413 g/mol. The van der Waals surface area contributed by atoms with E-state index in [0.717, 1.165) is 9.79 Å². The Hall–Kier alpha value is -3.12. The van der Waals surface area contributed by atoms with E-state index in [1.807, 2.05) is 30.3 Å². The topological polar surface area (TPSA) is 57.6 Å². The molecule has 3 aromatic carbocycles. The van der Waals surface area contributed by atoms with Crippen molar-refractivity contribution in [3.63, 3.8) is 0 Å². The van der Waals surface area contributed by atoms with E-state index < -0.39 is 0 Å². The molecule has 1 amide bonds. The van der Waals surface area contributed by atoms with E-state index in [9.17, 15) is 19.1 Å². The summed E-state index contributed by atoms with van der Waals surface area (Å²) in [6.45, 7) is 1.02. The zero-order valence-electron chi connectivity index (χ0n) is 16.8. The van der Waals surface area contributed by atoms with Gasteiger partial charge in [0.25, 0.3) is 5.91 Å². The van der Waals surface area contributed by atoms with E-state index in [4.69, 9.17) is 0 Å². The van der Waals surface area contributed by atoms with Gasteiger partial charge in [0.15, 0.2) is 5.78 Å². The summed E-state index contributed by atoms with van der Waals surface area (Å²) in [6.07, 6.45) is 1.23. The Bertz CT molecular complexity index is 1090. The maximum absolute atomic E-state index is 13.3. The van der Waals surface area contributed by atoms with Gasteiger partial charge in [-0.1, -0.05) is 36.0 Å². The van der Waals surface area contributed by atoms with Gasteiger partial charge in [0.05, 0.1) is 0 Å². The van der Waals surface area contributed by atoms with Gasteiger partial charge in [0.2, 0.25) is 0 Å². The van der Waals surface area contributed by atoms with Crippen LogP contribution in [0, 0.1) is 11.7 Å². The van der Waals surface area contributed by atoms with Crippen LogP contribution in [0.1, 0.15) is 33.6 Å². The highest BCUT2D eigenvalue weighted by molar-refractivity contribution is 7.99. The lowest BCUT2D eigenvalue weighted by Crippen LogP contribution is -2.40. The zero-order valence-corrected chi connectivity index (χ0v) is 17.6. The Balaban J connectivity index is 1.34. The van der Waals surface area contributed by atoms with Crippen LogP contribution in [0.4, 0.5) is 4.39 Å². The Kier molecular flexibility index (Phi) is 6.37. The molecule has 0 saturated carbocycles. The largest absolute Gasteiger partial charge is 0.508 e. The van der Waals surface area contributed by atoms with Crippen molar-refractivity contribution in [1.29, 1.82) is 0 Å². The molecule has 0 aromatic heterocycles. The quantitative estimate of drug-likeness (QED) is 0.544. The van der Waals surface area contributed by atoms with Crippen molar-refractivity contribution >= 4 is 23.5 Å². The molecular formula is C25H22FNO3S. The normalized spacial score (nSPS) is 14.4. The molecule has 0 aliphatic carbocycles. The van der Waals surface area contributed by atoms with Crippen LogP contribution < -0.4 is 0 Å². The van der Waals surface area contributed by atoms with Gasteiger partial charge in [0, 0.05) is 39.9 Å². The minimum atomic E-state index is -0.273. The average molecular weight is 436 g/mol. The van der Waals surface area contributed by atoms with Crippen molar-refractivity contribution in [2.24, 2.45) is 5.92 Å². The van der Waals surface area contributed by atoms with Gasteiger partial charge < -0.3 is 10.0 Å². The van der Waals surface area contributed by atoms with Crippen LogP contribution in [0.25, 0.3) is 0 Å². The van der Waals surface area contributed by atoms with E-state index in [-0.39, 0.29) is 29.2 Å². The molecule has 0 bridgehead atoms. The number of Topliss-reactive ketones (excluding diaryl/α,β-unsaturated/α-hetero) is 1. The van der Waals surface area contributed by atoms with Crippen LogP contribution in [0.5, 0.6) is 5.75 Å². The van der Waals surface area contributed by atoms with Crippen molar-refractivity contribution in [3.8, 4) is 5.75 Å². The first kappa shape index (κ1) is 21.1. The molecule has 1 saturated heterocycles. The summed E-state index contributed by atoms with van der Waals surface area (Å²) in [5, 5.41) is 9.58. The molecule has 1 aliphatic heterocycles. The molecule has 4 nitrogen and oxygen atoms in total. The number of hydrogen-bond acceptors (Lipinski definition) is 4. The number of carbonyl (C=O) groups is 2. The fraction of sp³-hybridized carbons (Fsp3) is 0.200. The summed E-state index contributed by atoms with van der Waals surface area (Å²) in [5.74, 6) is -0.358. The van der Waals surface area contributed by atoms with E-state index in [2.05, 4.69) is 0 Å². The van der Waals surface area contributed by atoms with Crippen LogP contribution in [0.15, 0.2) is 82.6 Å². The predicted octanol–water partition coefficient (Wildman–Crippen LogP) is 5.42. The van der Waals surface area contributed by atoms with E-state index in [1.165, 1.54) is 36.0 Å². The Morgan fingerprint density at radius 3 is 2.26 bits per heavy atom. The highest BCUT2D eigenvalue weighted by atomic mass is 32.2. The zero-order chi connectivity index (χ0) is 21.8. The lowest BCUT2D eigenvalue weighted by atomic mass is 9.88.